The Labute approximate surface area is 115 Å². The number of phenolic OH excluding ortho intramolecular Hbond substituents is 1. The molecular weight excluding hydrogens is 255 g/mol. The number of nitrogens with zero attached hydrogens (tertiary/aromatic N) is 1. The number of nitrogens with one attached hydrogen (secondary N) is 1. The molecule has 1 aromatic heterocycles. The minimum absolute atomic E-state index is 0.311. The first-order chi connectivity index (χ1) is 9.74. The van der Waals surface area contributed by atoms with Gasteiger partial charge in [-0.3, -0.25) is 4.98 Å². The molecule has 2 N–H and O–H groups in total. The van der Waals surface area contributed by atoms with Gasteiger partial charge in [0.05, 0.1) is 17.4 Å². The van der Waals surface area contributed by atoms with Crippen LogP contribution in [0.5, 0.6) is 5.75 Å². The Bertz CT molecular complexity index is 758. The molecule has 3 aromatic rings. The Kier molecular flexibility index (Phi) is 3.21. The van der Waals surface area contributed by atoms with Crippen molar-refractivity contribution < 1.29 is 9.50 Å². The second-order valence-corrected chi connectivity index (χ2v) is 4.52. The number of hydrogen-bond donors (Lipinski definition) is 2. The van der Waals surface area contributed by atoms with E-state index in [4.69, 9.17) is 0 Å². The molecule has 3 rings (SSSR count). The van der Waals surface area contributed by atoms with Crippen molar-refractivity contribution in [2.75, 3.05) is 5.32 Å². The fraction of sp³-hybridized carbons (Fsp3) is 0.0625. The van der Waals surface area contributed by atoms with Gasteiger partial charge in [-0.05, 0) is 18.2 Å². The van der Waals surface area contributed by atoms with E-state index < -0.39 is 5.82 Å². The van der Waals surface area contributed by atoms with E-state index in [1.165, 1.54) is 6.07 Å². The second-order valence-electron chi connectivity index (χ2n) is 4.52. The first-order valence-corrected chi connectivity index (χ1v) is 6.29. The lowest BCUT2D eigenvalue weighted by Crippen LogP contribution is -2.00. The summed E-state index contributed by atoms with van der Waals surface area (Å²) in [7, 11) is 0. The van der Waals surface area contributed by atoms with Gasteiger partial charge in [0.15, 0.2) is 11.6 Å². The van der Waals surface area contributed by atoms with Gasteiger partial charge in [-0.15, -0.1) is 0 Å². The van der Waals surface area contributed by atoms with E-state index in [1.807, 2.05) is 30.3 Å². The van der Waals surface area contributed by atoms with E-state index in [0.717, 1.165) is 16.6 Å². The van der Waals surface area contributed by atoms with Gasteiger partial charge in [-0.2, -0.15) is 0 Å². The highest BCUT2D eigenvalue weighted by Gasteiger charge is 2.06. The predicted molar refractivity (Wildman–Crippen MR) is 77.1 cm³/mol. The van der Waals surface area contributed by atoms with Gasteiger partial charge in [0.1, 0.15) is 0 Å². The van der Waals surface area contributed by atoms with E-state index in [1.54, 1.807) is 18.3 Å². The molecule has 3 nitrogen and oxygen atoms in total. The molecule has 0 amide bonds. The molecule has 4 heteroatoms. The second kappa shape index (κ2) is 5.17. The van der Waals surface area contributed by atoms with Crippen LogP contribution in [0.3, 0.4) is 0 Å². The van der Waals surface area contributed by atoms with Crippen molar-refractivity contribution in [1.82, 2.24) is 4.98 Å². The lowest BCUT2D eigenvalue weighted by Gasteiger charge is -2.09. The third kappa shape index (κ3) is 2.40. The molecule has 0 radical (unpaired) electrons. The topological polar surface area (TPSA) is 45.1 Å². The largest absolute Gasteiger partial charge is 0.505 e. The summed E-state index contributed by atoms with van der Waals surface area (Å²) in [6, 6.07) is 14.3. The van der Waals surface area contributed by atoms with Crippen LogP contribution in [0.4, 0.5) is 10.1 Å². The Morgan fingerprint density at radius 2 is 1.95 bits per heavy atom. The van der Waals surface area contributed by atoms with Crippen LogP contribution in [0.15, 0.2) is 54.7 Å². The SMILES string of the molecule is Oc1c(F)cccc1CNc1cnc2ccccc2c1. The number of anilines is 1. The van der Waals surface area contributed by atoms with Crippen molar-refractivity contribution in [1.29, 1.82) is 0 Å². The number of benzene rings is 2. The quantitative estimate of drug-likeness (QED) is 0.761. The minimum atomic E-state index is -0.610. The van der Waals surface area contributed by atoms with Crippen molar-refractivity contribution in [3.05, 3.63) is 66.1 Å². The number of fused-ring (bicyclic) bond motifs is 1. The van der Waals surface area contributed by atoms with Gasteiger partial charge in [0.2, 0.25) is 0 Å². The first-order valence-electron chi connectivity index (χ1n) is 6.29. The molecule has 0 bridgehead atoms. The zero-order chi connectivity index (χ0) is 13.9. The summed E-state index contributed by atoms with van der Waals surface area (Å²) >= 11 is 0. The normalized spacial score (nSPS) is 10.7. The van der Waals surface area contributed by atoms with E-state index in [9.17, 15) is 9.50 Å². The summed E-state index contributed by atoms with van der Waals surface area (Å²) in [5, 5.41) is 13.8. The number of pyridine rings is 1. The standard InChI is InChI=1S/C16H13FN2O/c17-14-6-3-5-12(16(14)20)9-18-13-8-11-4-1-2-7-15(11)19-10-13/h1-8,10,18,20H,9H2. The van der Waals surface area contributed by atoms with Gasteiger partial charge in [-0.25, -0.2) is 4.39 Å². The molecule has 0 fully saturated rings. The highest BCUT2D eigenvalue weighted by molar-refractivity contribution is 5.81. The fourth-order valence-electron chi connectivity index (χ4n) is 2.07. The smallest absolute Gasteiger partial charge is 0.165 e. The molecular formula is C16H13FN2O. The zero-order valence-electron chi connectivity index (χ0n) is 10.7. The van der Waals surface area contributed by atoms with Crippen molar-refractivity contribution in [3.63, 3.8) is 0 Å². The summed E-state index contributed by atoms with van der Waals surface area (Å²) in [4.78, 5) is 4.33. The first kappa shape index (κ1) is 12.4. The van der Waals surface area contributed by atoms with Crippen molar-refractivity contribution >= 4 is 16.6 Å². The lowest BCUT2D eigenvalue weighted by molar-refractivity contribution is 0.427. The average molecular weight is 268 g/mol. The molecule has 0 aliphatic heterocycles. The van der Waals surface area contributed by atoms with E-state index in [2.05, 4.69) is 10.3 Å². The van der Waals surface area contributed by atoms with Gasteiger partial charge in [-0.1, -0.05) is 30.3 Å². The third-order valence-corrected chi connectivity index (χ3v) is 3.14. The number of aromatic hydroxyl groups is 1. The highest BCUT2D eigenvalue weighted by Crippen LogP contribution is 2.22. The molecule has 0 saturated heterocycles. The maximum atomic E-state index is 13.2. The van der Waals surface area contributed by atoms with Crippen LogP contribution in [0.1, 0.15) is 5.56 Å². The Hall–Kier alpha value is -2.62. The predicted octanol–water partition coefficient (Wildman–Crippen LogP) is 3.69. The Morgan fingerprint density at radius 3 is 2.85 bits per heavy atom. The molecule has 0 aliphatic carbocycles. The molecule has 100 valence electrons. The van der Waals surface area contributed by atoms with Crippen molar-refractivity contribution in [3.8, 4) is 5.75 Å². The van der Waals surface area contributed by atoms with E-state index >= 15 is 0 Å². The molecule has 0 aliphatic rings. The molecule has 20 heavy (non-hydrogen) atoms. The molecule has 1 heterocycles. The van der Waals surface area contributed by atoms with Crippen LogP contribution in [0.2, 0.25) is 0 Å². The summed E-state index contributed by atoms with van der Waals surface area (Å²) in [6.45, 7) is 0.337. The Morgan fingerprint density at radius 1 is 1.10 bits per heavy atom. The van der Waals surface area contributed by atoms with Crippen LogP contribution < -0.4 is 5.32 Å². The fourth-order valence-corrected chi connectivity index (χ4v) is 2.07. The average Bonchev–Trinajstić information content (AvgIpc) is 2.48. The number of rotatable bonds is 3. The Balaban J connectivity index is 1.81. The van der Waals surface area contributed by atoms with Crippen molar-refractivity contribution in [2.24, 2.45) is 0 Å². The highest BCUT2D eigenvalue weighted by atomic mass is 19.1. The van der Waals surface area contributed by atoms with Gasteiger partial charge < -0.3 is 10.4 Å². The minimum Gasteiger partial charge on any atom is -0.505 e. The molecule has 0 spiro atoms. The maximum absolute atomic E-state index is 13.2. The summed E-state index contributed by atoms with van der Waals surface area (Å²) < 4.78 is 13.2. The summed E-state index contributed by atoms with van der Waals surface area (Å²) in [5.74, 6) is -0.922. The molecule has 2 aromatic carbocycles. The van der Waals surface area contributed by atoms with E-state index in [0.29, 0.717) is 12.1 Å². The van der Waals surface area contributed by atoms with Crippen LogP contribution in [0, 0.1) is 5.82 Å². The number of para-hydroxylation sites is 2. The summed E-state index contributed by atoms with van der Waals surface area (Å²) in [6.07, 6.45) is 1.72. The van der Waals surface area contributed by atoms with E-state index in [-0.39, 0.29) is 5.75 Å². The van der Waals surface area contributed by atoms with Gasteiger partial charge in [0, 0.05) is 17.5 Å². The van der Waals surface area contributed by atoms with Crippen LogP contribution >= 0.6 is 0 Å². The van der Waals surface area contributed by atoms with Crippen LogP contribution in [0.25, 0.3) is 10.9 Å². The number of aromatic nitrogens is 1. The third-order valence-electron chi connectivity index (χ3n) is 3.14. The van der Waals surface area contributed by atoms with Gasteiger partial charge in [0.25, 0.3) is 0 Å². The zero-order valence-corrected chi connectivity index (χ0v) is 10.7. The van der Waals surface area contributed by atoms with Gasteiger partial charge >= 0.3 is 0 Å². The number of halogens is 1. The summed E-state index contributed by atoms with van der Waals surface area (Å²) in [5.41, 5.74) is 2.26. The van der Waals surface area contributed by atoms with Crippen LogP contribution in [-0.2, 0) is 6.54 Å². The monoisotopic (exact) mass is 268 g/mol. The number of hydrogen-bond acceptors (Lipinski definition) is 3. The van der Waals surface area contributed by atoms with Crippen LogP contribution in [-0.4, -0.2) is 10.1 Å². The maximum Gasteiger partial charge on any atom is 0.165 e. The molecule has 0 atom stereocenters. The lowest BCUT2D eigenvalue weighted by atomic mass is 10.2. The molecule has 0 unspecified atom stereocenters. The number of phenols is 1. The molecule has 0 saturated carbocycles. The van der Waals surface area contributed by atoms with Crippen molar-refractivity contribution in [2.45, 2.75) is 6.54 Å².